The standard InChI is InChI=1S/C9H13N3O4/c13-4-6-16-5-3-11-9-10-2-1-7(12-9)8(14)15/h1-2,13H,3-6H2,(H,14,15)(H,10,11,12). The van der Waals surface area contributed by atoms with Gasteiger partial charge in [-0.3, -0.25) is 0 Å². The molecule has 1 heterocycles. The number of aliphatic hydroxyl groups excluding tert-OH is 1. The second-order valence-corrected chi connectivity index (χ2v) is 2.83. The maximum Gasteiger partial charge on any atom is 0.354 e. The predicted molar refractivity (Wildman–Crippen MR) is 55.4 cm³/mol. The summed E-state index contributed by atoms with van der Waals surface area (Å²) in [7, 11) is 0. The highest BCUT2D eigenvalue weighted by Crippen LogP contribution is 1.99. The minimum Gasteiger partial charge on any atom is -0.477 e. The molecule has 7 nitrogen and oxygen atoms in total. The van der Waals surface area contributed by atoms with E-state index in [-0.39, 0.29) is 24.9 Å². The van der Waals surface area contributed by atoms with Gasteiger partial charge in [0.2, 0.25) is 5.95 Å². The summed E-state index contributed by atoms with van der Waals surface area (Å²) in [5, 5.41) is 19.9. The van der Waals surface area contributed by atoms with Crippen molar-refractivity contribution in [1.82, 2.24) is 9.97 Å². The molecule has 0 radical (unpaired) electrons. The Morgan fingerprint density at radius 3 is 3.00 bits per heavy atom. The highest BCUT2D eigenvalue weighted by atomic mass is 16.5. The maximum absolute atomic E-state index is 10.6. The van der Waals surface area contributed by atoms with E-state index in [2.05, 4.69) is 15.3 Å². The monoisotopic (exact) mass is 227 g/mol. The molecular weight excluding hydrogens is 214 g/mol. The summed E-state index contributed by atoms with van der Waals surface area (Å²) in [4.78, 5) is 18.2. The third-order valence-electron chi connectivity index (χ3n) is 1.64. The van der Waals surface area contributed by atoms with E-state index in [1.54, 1.807) is 0 Å². The van der Waals surface area contributed by atoms with Crippen LogP contribution in [0.3, 0.4) is 0 Å². The van der Waals surface area contributed by atoms with Crippen LogP contribution in [0.2, 0.25) is 0 Å². The van der Waals surface area contributed by atoms with E-state index in [1.165, 1.54) is 12.3 Å². The molecule has 0 aliphatic rings. The number of carboxylic acids is 1. The van der Waals surface area contributed by atoms with Gasteiger partial charge >= 0.3 is 5.97 Å². The van der Waals surface area contributed by atoms with Crippen LogP contribution in [0.1, 0.15) is 10.5 Å². The third kappa shape index (κ3) is 4.20. The lowest BCUT2D eigenvalue weighted by Crippen LogP contribution is -2.14. The van der Waals surface area contributed by atoms with E-state index in [1.807, 2.05) is 0 Å². The van der Waals surface area contributed by atoms with Crippen molar-refractivity contribution < 1.29 is 19.7 Å². The summed E-state index contributed by atoms with van der Waals surface area (Å²) in [5.41, 5.74) is -0.0613. The molecule has 0 unspecified atom stereocenters. The van der Waals surface area contributed by atoms with Crippen LogP contribution < -0.4 is 5.32 Å². The molecule has 0 fully saturated rings. The predicted octanol–water partition coefficient (Wildman–Crippen LogP) is -0.404. The van der Waals surface area contributed by atoms with E-state index in [0.717, 1.165) is 0 Å². The van der Waals surface area contributed by atoms with Crippen molar-refractivity contribution >= 4 is 11.9 Å². The van der Waals surface area contributed by atoms with Gasteiger partial charge in [-0.25, -0.2) is 14.8 Å². The number of hydrogen-bond acceptors (Lipinski definition) is 6. The van der Waals surface area contributed by atoms with Gasteiger partial charge in [0.1, 0.15) is 0 Å². The second kappa shape index (κ2) is 6.70. The summed E-state index contributed by atoms with van der Waals surface area (Å²) in [6, 6.07) is 1.32. The first-order valence-electron chi connectivity index (χ1n) is 4.73. The SMILES string of the molecule is O=C(O)c1ccnc(NCCOCCO)n1. The van der Waals surface area contributed by atoms with Crippen molar-refractivity contribution in [3.63, 3.8) is 0 Å². The second-order valence-electron chi connectivity index (χ2n) is 2.83. The summed E-state index contributed by atoms with van der Waals surface area (Å²) in [6.45, 7) is 1.09. The zero-order valence-electron chi connectivity index (χ0n) is 8.59. The van der Waals surface area contributed by atoms with Crippen LogP contribution in [0, 0.1) is 0 Å². The first kappa shape index (κ1) is 12.3. The number of nitrogens with one attached hydrogen (secondary N) is 1. The van der Waals surface area contributed by atoms with Crippen LogP contribution >= 0.6 is 0 Å². The quantitative estimate of drug-likeness (QED) is 0.544. The molecule has 0 spiro atoms. The van der Waals surface area contributed by atoms with Gasteiger partial charge in [-0.1, -0.05) is 0 Å². The fourth-order valence-electron chi connectivity index (χ4n) is 0.965. The average Bonchev–Trinajstić information content (AvgIpc) is 2.29. The van der Waals surface area contributed by atoms with Crippen molar-refractivity contribution in [1.29, 1.82) is 0 Å². The Labute approximate surface area is 92.1 Å². The number of ether oxygens (including phenoxy) is 1. The highest BCUT2D eigenvalue weighted by molar-refractivity contribution is 5.85. The summed E-state index contributed by atoms with van der Waals surface area (Å²) < 4.78 is 5.00. The molecule has 88 valence electrons. The topological polar surface area (TPSA) is 105 Å². The van der Waals surface area contributed by atoms with Gasteiger partial charge in [0.25, 0.3) is 0 Å². The molecule has 0 aliphatic heterocycles. The van der Waals surface area contributed by atoms with Crippen molar-refractivity contribution in [3.05, 3.63) is 18.0 Å². The molecule has 0 amide bonds. The molecule has 7 heteroatoms. The number of hydrogen-bond donors (Lipinski definition) is 3. The van der Waals surface area contributed by atoms with Crippen LogP contribution in [-0.2, 0) is 4.74 Å². The van der Waals surface area contributed by atoms with Crippen LogP contribution in [-0.4, -0.2) is 52.5 Å². The fourth-order valence-corrected chi connectivity index (χ4v) is 0.965. The zero-order chi connectivity index (χ0) is 11.8. The molecular formula is C9H13N3O4. The van der Waals surface area contributed by atoms with Crippen LogP contribution in [0.25, 0.3) is 0 Å². The number of carbonyl (C=O) groups is 1. The van der Waals surface area contributed by atoms with Crippen molar-refractivity contribution in [2.45, 2.75) is 0 Å². The fraction of sp³-hybridized carbons (Fsp3) is 0.444. The van der Waals surface area contributed by atoms with E-state index in [4.69, 9.17) is 14.9 Å². The molecule has 0 saturated heterocycles. The largest absolute Gasteiger partial charge is 0.477 e. The number of aliphatic hydroxyl groups is 1. The Morgan fingerprint density at radius 1 is 1.50 bits per heavy atom. The maximum atomic E-state index is 10.6. The van der Waals surface area contributed by atoms with Gasteiger partial charge in [-0.15, -0.1) is 0 Å². The summed E-state index contributed by atoms with van der Waals surface area (Å²) >= 11 is 0. The Morgan fingerprint density at radius 2 is 2.31 bits per heavy atom. The van der Waals surface area contributed by atoms with E-state index in [9.17, 15) is 4.79 Å². The molecule has 3 N–H and O–H groups in total. The number of nitrogens with zero attached hydrogens (tertiary/aromatic N) is 2. The number of anilines is 1. The molecule has 0 bridgehead atoms. The van der Waals surface area contributed by atoms with E-state index < -0.39 is 5.97 Å². The van der Waals surface area contributed by atoms with Crippen molar-refractivity contribution in [2.24, 2.45) is 0 Å². The van der Waals surface area contributed by atoms with Gasteiger partial charge in [0, 0.05) is 12.7 Å². The Balaban J connectivity index is 2.36. The van der Waals surface area contributed by atoms with Crippen molar-refractivity contribution in [3.8, 4) is 0 Å². The third-order valence-corrected chi connectivity index (χ3v) is 1.64. The Bertz CT molecular complexity index is 345. The number of carboxylic acid groups (broad SMARTS) is 1. The van der Waals surface area contributed by atoms with Gasteiger partial charge < -0.3 is 20.3 Å². The highest BCUT2D eigenvalue weighted by Gasteiger charge is 2.05. The molecule has 0 atom stereocenters. The number of aromatic carboxylic acids is 1. The lowest BCUT2D eigenvalue weighted by molar-refractivity contribution is 0.0690. The Hall–Kier alpha value is -1.73. The van der Waals surface area contributed by atoms with Crippen LogP contribution in [0.15, 0.2) is 12.3 Å². The van der Waals surface area contributed by atoms with Crippen LogP contribution in [0.4, 0.5) is 5.95 Å². The van der Waals surface area contributed by atoms with E-state index >= 15 is 0 Å². The van der Waals surface area contributed by atoms with Crippen molar-refractivity contribution in [2.75, 3.05) is 31.7 Å². The molecule has 1 aromatic rings. The summed E-state index contributed by atoms with van der Waals surface area (Å²) in [5.74, 6) is -0.852. The minimum absolute atomic E-state index is 0.0228. The first-order valence-corrected chi connectivity index (χ1v) is 4.73. The minimum atomic E-state index is -1.10. The number of aromatic nitrogens is 2. The smallest absolute Gasteiger partial charge is 0.354 e. The summed E-state index contributed by atoms with van der Waals surface area (Å²) in [6.07, 6.45) is 1.37. The molecule has 1 aromatic heterocycles. The first-order chi connectivity index (χ1) is 7.74. The lowest BCUT2D eigenvalue weighted by atomic mass is 10.4. The van der Waals surface area contributed by atoms with E-state index in [0.29, 0.717) is 13.2 Å². The zero-order valence-corrected chi connectivity index (χ0v) is 8.59. The normalized spacial score (nSPS) is 10.1. The average molecular weight is 227 g/mol. The lowest BCUT2D eigenvalue weighted by Gasteiger charge is -2.05. The van der Waals surface area contributed by atoms with Crippen LogP contribution in [0.5, 0.6) is 0 Å². The van der Waals surface area contributed by atoms with Gasteiger partial charge in [0.05, 0.1) is 19.8 Å². The molecule has 0 aliphatic carbocycles. The molecule has 1 rings (SSSR count). The number of rotatable bonds is 7. The molecule has 0 aromatic carbocycles. The van der Waals surface area contributed by atoms with Gasteiger partial charge in [-0.2, -0.15) is 0 Å². The molecule has 16 heavy (non-hydrogen) atoms. The molecule has 0 saturated carbocycles. The van der Waals surface area contributed by atoms with Gasteiger partial charge in [0.15, 0.2) is 5.69 Å². The Kier molecular flexibility index (Phi) is 5.17. The van der Waals surface area contributed by atoms with Gasteiger partial charge in [-0.05, 0) is 6.07 Å².